The molecule has 0 aromatic carbocycles. The maximum absolute atomic E-state index is 11.6. The predicted molar refractivity (Wildman–Crippen MR) is 56.9 cm³/mol. The van der Waals surface area contributed by atoms with Crippen molar-refractivity contribution in [3.63, 3.8) is 0 Å². The molecule has 7 heteroatoms. The molecule has 0 bridgehead atoms. The molecular formula is C11H12O7. The second-order valence-electron chi connectivity index (χ2n) is 3.21. The van der Waals surface area contributed by atoms with Crippen molar-refractivity contribution >= 4 is 17.9 Å². The molecule has 1 heterocycles. The van der Waals surface area contributed by atoms with Gasteiger partial charge < -0.3 is 18.6 Å². The van der Waals surface area contributed by atoms with Crippen LogP contribution in [0.1, 0.15) is 33.4 Å². The van der Waals surface area contributed by atoms with Gasteiger partial charge in [-0.25, -0.2) is 9.59 Å². The van der Waals surface area contributed by atoms with E-state index in [1.165, 1.54) is 14.0 Å². The number of furan rings is 1. The first-order chi connectivity index (χ1) is 8.51. The highest BCUT2D eigenvalue weighted by Gasteiger charge is 2.26. The lowest BCUT2D eigenvalue weighted by molar-refractivity contribution is -0.142. The van der Waals surface area contributed by atoms with Crippen molar-refractivity contribution in [2.75, 3.05) is 14.2 Å². The molecule has 0 aliphatic carbocycles. The fourth-order valence-corrected chi connectivity index (χ4v) is 1.26. The summed E-state index contributed by atoms with van der Waals surface area (Å²) in [5.41, 5.74) is -0.183. The lowest BCUT2D eigenvalue weighted by Gasteiger charge is -2.03. The Kier molecular flexibility index (Phi) is 4.47. The van der Waals surface area contributed by atoms with E-state index in [0.29, 0.717) is 0 Å². The van der Waals surface area contributed by atoms with Gasteiger partial charge in [-0.05, 0) is 0 Å². The van der Waals surface area contributed by atoms with Gasteiger partial charge in [-0.1, -0.05) is 0 Å². The van der Waals surface area contributed by atoms with Crippen LogP contribution in [0.2, 0.25) is 0 Å². The summed E-state index contributed by atoms with van der Waals surface area (Å²) in [5, 5.41) is 0. The van der Waals surface area contributed by atoms with Crippen LogP contribution in [0.4, 0.5) is 0 Å². The monoisotopic (exact) mass is 256 g/mol. The Morgan fingerprint density at radius 1 is 1.17 bits per heavy atom. The molecule has 18 heavy (non-hydrogen) atoms. The maximum Gasteiger partial charge on any atom is 0.342 e. The van der Waals surface area contributed by atoms with Gasteiger partial charge in [0.25, 0.3) is 0 Å². The Hall–Kier alpha value is -2.31. The third-order valence-electron chi connectivity index (χ3n) is 2.07. The summed E-state index contributed by atoms with van der Waals surface area (Å²) >= 11 is 0. The number of rotatable bonds is 4. The van der Waals surface area contributed by atoms with Crippen LogP contribution >= 0.6 is 0 Å². The molecule has 1 rings (SSSR count). The molecular weight excluding hydrogens is 244 g/mol. The first kappa shape index (κ1) is 13.8. The minimum atomic E-state index is -0.772. The molecule has 0 N–H and O–H groups in total. The second kappa shape index (κ2) is 5.85. The molecule has 0 spiro atoms. The van der Waals surface area contributed by atoms with Gasteiger partial charge in [-0.3, -0.25) is 4.79 Å². The lowest BCUT2D eigenvalue weighted by Crippen LogP contribution is -2.12. The molecule has 1 aromatic rings. The highest BCUT2D eigenvalue weighted by molar-refractivity contribution is 6.03. The van der Waals surface area contributed by atoms with E-state index < -0.39 is 17.9 Å². The zero-order valence-corrected chi connectivity index (χ0v) is 10.1. The van der Waals surface area contributed by atoms with Crippen LogP contribution in [0.3, 0.4) is 0 Å². The largest absolute Gasteiger partial charge is 0.465 e. The van der Waals surface area contributed by atoms with Crippen molar-refractivity contribution in [2.24, 2.45) is 0 Å². The van der Waals surface area contributed by atoms with Crippen LogP contribution < -0.4 is 0 Å². The highest BCUT2D eigenvalue weighted by atomic mass is 16.5. The van der Waals surface area contributed by atoms with Crippen molar-refractivity contribution in [3.8, 4) is 0 Å². The standard InChI is InChI=1S/C11H12O7/c1-6(12)17-5-8-9(11(14)16-3)7(4-18-8)10(13)15-2/h4H,5H2,1-3H3. The average molecular weight is 256 g/mol. The van der Waals surface area contributed by atoms with Gasteiger partial charge in [0.1, 0.15) is 24.0 Å². The summed E-state index contributed by atoms with van der Waals surface area (Å²) in [6.45, 7) is 0.943. The topological polar surface area (TPSA) is 92.0 Å². The summed E-state index contributed by atoms with van der Waals surface area (Å²) in [4.78, 5) is 33.7. The Bertz CT molecular complexity index is 472. The number of hydrogen-bond donors (Lipinski definition) is 0. The van der Waals surface area contributed by atoms with Crippen LogP contribution in [0.25, 0.3) is 0 Å². The van der Waals surface area contributed by atoms with Gasteiger partial charge in [-0.2, -0.15) is 0 Å². The SMILES string of the molecule is COC(=O)c1coc(COC(C)=O)c1C(=O)OC. The quantitative estimate of drug-likeness (QED) is 0.584. The first-order valence-electron chi connectivity index (χ1n) is 4.91. The fraction of sp³-hybridized carbons (Fsp3) is 0.364. The molecule has 0 radical (unpaired) electrons. The van der Waals surface area contributed by atoms with E-state index in [-0.39, 0.29) is 23.5 Å². The van der Waals surface area contributed by atoms with Gasteiger partial charge in [0.2, 0.25) is 0 Å². The normalized spacial score (nSPS) is 9.72. The summed E-state index contributed by atoms with van der Waals surface area (Å²) in [6, 6.07) is 0. The van der Waals surface area contributed by atoms with Gasteiger partial charge in [-0.15, -0.1) is 0 Å². The molecule has 0 saturated carbocycles. The van der Waals surface area contributed by atoms with Gasteiger partial charge in [0.05, 0.1) is 14.2 Å². The van der Waals surface area contributed by atoms with Crippen LogP contribution in [-0.2, 0) is 25.6 Å². The van der Waals surface area contributed by atoms with Crippen LogP contribution in [0, 0.1) is 0 Å². The maximum atomic E-state index is 11.6. The third-order valence-corrected chi connectivity index (χ3v) is 2.07. The number of carbonyl (C=O) groups is 3. The minimum Gasteiger partial charge on any atom is -0.465 e. The van der Waals surface area contributed by atoms with Crippen molar-refractivity contribution in [1.82, 2.24) is 0 Å². The fourth-order valence-electron chi connectivity index (χ4n) is 1.26. The van der Waals surface area contributed by atoms with Crippen LogP contribution in [0.15, 0.2) is 10.7 Å². The number of esters is 3. The average Bonchev–Trinajstić information content (AvgIpc) is 2.78. The number of hydrogen-bond acceptors (Lipinski definition) is 7. The molecule has 1 aromatic heterocycles. The molecule has 0 fully saturated rings. The Balaban J connectivity index is 3.11. The van der Waals surface area contributed by atoms with Crippen LogP contribution in [0.5, 0.6) is 0 Å². The third kappa shape index (κ3) is 2.88. The number of methoxy groups -OCH3 is 2. The predicted octanol–water partition coefficient (Wildman–Crippen LogP) is 0.916. The second-order valence-corrected chi connectivity index (χ2v) is 3.21. The Labute approximate surface area is 103 Å². The summed E-state index contributed by atoms with van der Waals surface area (Å²) in [7, 11) is 2.33. The zero-order chi connectivity index (χ0) is 13.7. The minimum absolute atomic E-state index is 0.0254. The van der Waals surface area contributed by atoms with E-state index >= 15 is 0 Å². The van der Waals surface area contributed by atoms with E-state index in [0.717, 1.165) is 13.4 Å². The lowest BCUT2D eigenvalue weighted by atomic mass is 10.1. The van der Waals surface area contributed by atoms with Crippen molar-refractivity contribution in [2.45, 2.75) is 13.5 Å². The molecule has 0 aliphatic heterocycles. The van der Waals surface area contributed by atoms with Crippen molar-refractivity contribution < 1.29 is 33.0 Å². The molecule has 7 nitrogen and oxygen atoms in total. The van der Waals surface area contributed by atoms with Crippen molar-refractivity contribution in [3.05, 3.63) is 23.2 Å². The first-order valence-corrected chi connectivity index (χ1v) is 4.91. The number of carbonyl (C=O) groups excluding carboxylic acids is 3. The zero-order valence-electron chi connectivity index (χ0n) is 10.1. The molecule has 0 unspecified atom stereocenters. The summed E-state index contributed by atoms with van der Waals surface area (Å²) in [6.07, 6.45) is 1.05. The summed E-state index contributed by atoms with van der Waals surface area (Å²) in [5.74, 6) is -2.03. The summed E-state index contributed by atoms with van der Waals surface area (Å²) < 4.78 is 18.7. The molecule has 0 amide bonds. The Morgan fingerprint density at radius 3 is 2.28 bits per heavy atom. The Morgan fingerprint density at radius 2 is 1.78 bits per heavy atom. The van der Waals surface area contributed by atoms with Gasteiger partial charge in [0, 0.05) is 6.92 Å². The highest BCUT2D eigenvalue weighted by Crippen LogP contribution is 2.20. The van der Waals surface area contributed by atoms with Crippen molar-refractivity contribution in [1.29, 1.82) is 0 Å². The van der Waals surface area contributed by atoms with E-state index in [4.69, 9.17) is 9.15 Å². The van der Waals surface area contributed by atoms with Gasteiger partial charge >= 0.3 is 17.9 Å². The van der Waals surface area contributed by atoms with Crippen LogP contribution in [-0.4, -0.2) is 32.1 Å². The molecule has 0 saturated heterocycles. The molecule has 0 atom stereocenters. The van der Waals surface area contributed by atoms with Gasteiger partial charge in [0.15, 0.2) is 5.76 Å². The molecule has 98 valence electrons. The smallest absolute Gasteiger partial charge is 0.342 e. The van der Waals surface area contributed by atoms with E-state index in [1.807, 2.05) is 0 Å². The molecule has 0 aliphatic rings. The van der Waals surface area contributed by atoms with E-state index in [2.05, 4.69) is 9.47 Å². The van der Waals surface area contributed by atoms with E-state index in [9.17, 15) is 14.4 Å². The van der Waals surface area contributed by atoms with E-state index in [1.54, 1.807) is 0 Å². The number of ether oxygens (including phenoxy) is 3.